The fourth-order valence-electron chi connectivity index (χ4n) is 1.53. The second-order valence-corrected chi connectivity index (χ2v) is 4.72. The van der Waals surface area contributed by atoms with Crippen LogP contribution in [0.1, 0.15) is 11.1 Å². The molecule has 0 saturated carbocycles. The Morgan fingerprint density at radius 3 is 2.50 bits per heavy atom. The number of para-hydroxylation sites is 1. The largest absolute Gasteiger partial charge is 0.456 e. The molecule has 0 saturated heterocycles. The second-order valence-electron chi connectivity index (χ2n) is 3.88. The SMILES string of the molecule is Cc1ccccc1Oc1ccc(C(N)=S)cc1Cl. The van der Waals surface area contributed by atoms with Gasteiger partial charge in [-0.2, -0.15) is 0 Å². The maximum Gasteiger partial charge on any atom is 0.146 e. The number of hydrogen-bond acceptors (Lipinski definition) is 2. The first-order chi connectivity index (χ1) is 8.58. The highest BCUT2D eigenvalue weighted by atomic mass is 35.5. The van der Waals surface area contributed by atoms with Crippen LogP contribution in [0.2, 0.25) is 5.02 Å². The van der Waals surface area contributed by atoms with Crippen LogP contribution < -0.4 is 10.5 Å². The van der Waals surface area contributed by atoms with E-state index in [1.807, 2.05) is 31.2 Å². The van der Waals surface area contributed by atoms with Crippen molar-refractivity contribution >= 4 is 28.8 Å². The zero-order valence-corrected chi connectivity index (χ0v) is 11.4. The van der Waals surface area contributed by atoms with Crippen molar-refractivity contribution in [3.8, 4) is 11.5 Å². The third kappa shape index (κ3) is 2.81. The molecule has 18 heavy (non-hydrogen) atoms. The lowest BCUT2D eigenvalue weighted by molar-refractivity contribution is 0.479. The van der Waals surface area contributed by atoms with Crippen molar-refractivity contribution < 1.29 is 4.74 Å². The molecule has 4 heteroatoms. The van der Waals surface area contributed by atoms with Crippen LogP contribution >= 0.6 is 23.8 Å². The van der Waals surface area contributed by atoms with Gasteiger partial charge in [-0.15, -0.1) is 0 Å². The molecule has 2 aromatic carbocycles. The molecule has 0 aliphatic carbocycles. The summed E-state index contributed by atoms with van der Waals surface area (Å²) in [5, 5.41) is 0.489. The van der Waals surface area contributed by atoms with E-state index in [0.717, 1.165) is 16.9 Å². The van der Waals surface area contributed by atoms with Crippen molar-refractivity contribution in [3.05, 3.63) is 58.6 Å². The lowest BCUT2D eigenvalue weighted by Gasteiger charge is -2.10. The zero-order chi connectivity index (χ0) is 13.1. The van der Waals surface area contributed by atoms with Gasteiger partial charge >= 0.3 is 0 Å². The zero-order valence-electron chi connectivity index (χ0n) is 9.81. The average molecular weight is 278 g/mol. The summed E-state index contributed by atoms with van der Waals surface area (Å²) in [6, 6.07) is 13.0. The van der Waals surface area contributed by atoms with E-state index in [2.05, 4.69) is 0 Å². The lowest BCUT2D eigenvalue weighted by Crippen LogP contribution is -2.08. The van der Waals surface area contributed by atoms with Gasteiger partial charge in [-0.05, 0) is 36.8 Å². The van der Waals surface area contributed by atoms with Gasteiger partial charge in [0.1, 0.15) is 16.5 Å². The van der Waals surface area contributed by atoms with Crippen molar-refractivity contribution in [2.45, 2.75) is 6.92 Å². The predicted molar refractivity (Wildman–Crippen MR) is 78.6 cm³/mol. The van der Waals surface area contributed by atoms with E-state index >= 15 is 0 Å². The summed E-state index contributed by atoms with van der Waals surface area (Å²) in [5.41, 5.74) is 7.32. The van der Waals surface area contributed by atoms with Crippen LogP contribution in [0.3, 0.4) is 0 Å². The Labute approximate surface area is 116 Å². The molecule has 2 nitrogen and oxygen atoms in total. The Morgan fingerprint density at radius 2 is 1.89 bits per heavy atom. The van der Waals surface area contributed by atoms with Gasteiger partial charge in [0.05, 0.1) is 5.02 Å². The molecule has 0 bridgehead atoms. The number of nitrogens with two attached hydrogens (primary N) is 1. The van der Waals surface area contributed by atoms with E-state index in [-0.39, 0.29) is 0 Å². The summed E-state index contributed by atoms with van der Waals surface area (Å²) in [6.45, 7) is 1.98. The van der Waals surface area contributed by atoms with Crippen LogP contribution in [-0.2, 0) is 0 Å². The van der Waals surface area contributed by atoms with Gasteiger partial charge < -0.3 is 10.5 Å². The van der Waals surface area contributed by atoms with Crippen molar-refractivity contribution in [1.82, 2.24) is 0 Å². The number of hydrogen-bond donors (Lipinski definition) is 1. The first-order valence-electron chi connectivity index (χ1n) is 5.41. The van der Waals surface area contributed by atoms with Gasteiger partial charge in [-0.25, -0.2) is 0 Å². The summed E-state index contributed by atoms with van der Waals surface area (Å²) in [5.74, 6) is 1.37. The maximum atomic E-state index is 6.14. The van der Waals surface area contributed by atoms with E-state index in [1.54, 1.807) is 18.2 Å². The third-order valence-corrected chi connectivity index (χ3v) is 3.06. The van der Waals surface area contributed by atoms with Gasteiger partial charge in [0.2, 0.25) is 0 Å². The molecule has 0 spiro atoms. The molecule has 0 aliphatic rings. The third-order valence-electron chi connectivity index (χ3n) is 2.53. The van der Waals surface area contributed by atoms with E-state index in [0.29, 0.717) is 15.8 Å². The molecule has 0 radical (unpaired) electrons. The van der Waals surface area contributed by atoms with Crippen molar-refractivity contribution in [2.24, 2.45) is 5.73 Å². The fraction of sp³-hybridized carbons (Fsp3) is 0.0714. The Balaban J connectivity index is 2.30. The van der Waals surface area contributed by atoms with Crippen molar-refractivity contribution in [2.75, 3.05) is 0 Å². The summed E-state index contributed by atoms with van der Waals surface area (Å²) >= 11 is 11.0. The minimum atomic E-state index is 0.319. The van der Waals surface area contributed by atoms with Gasteiger partial charge in [-0.3, -0.25) is 0 Å². The second kappa shape index (κ2) is 5.38. The summed E-state index contributed by atoms with van der Waals surface area (Å²) in [6.07, 6.45) is 0. The van der Waals surface area contributed by atoms with Crippen LogP contribution in [0.15, 0.2) is 42.5 Å². The summed E-state index contributed by atoms with van der Waals surface area (Å²) in [4.78, 5) is 0.319. The number of halogens is 1. The first-order valence-corrected chi connectivity index (χ1v) is 6.19. The Morgan fingerprint density at radius 1 is 1.17 bits per heavy atom. The smallest absolute Gasteiger partial charge is 0.146 e. The molecule has 2 rings (SSSR count). The minimum Gasteiger partial charge on any atom is -0.456 e. The van der Waals surface area contributed by atoms with Crippen molar-refractivity contribution in [3.63, 3.8) is 0 Å². The number of aryl methyl sites for hydroxylation is 1. The van der Waals surface area contributed by atoms with E-state index in [4.69, 9.17) is 34.3 Å². The molecule has 92 valence electrons. The Hall–Kier alpha value is -1.58. The standard InChI is InChI=1S/C14H12ClNOS/c1-9-4-2-3-5-12(9)17-13-7-6-10(14(16)18)8-11(13)15/h2-8H,1H3,(H2,16,18). The molecule has 0 amide bonds. The molecular formula is C14H12ClNOS. The van der Waals surface area contributed by atoms with Crippen LogP contribution in [0, 0.1) is 6.92 Å². The van der Waals surface area contributed by atoms with Crippen LogP contribution in [0.5, 0.6) is 11.5 Å². The topological polar surface area (TPSA) is 35.2 Å². The minimum absolute atomic E-state index is 0.319. The normalized spacial score (nSPS) is 10.1. The number of benzene rings is 2. The molecule has 2 aromatic rings. The maximum absolute atomic E-state index is 6.14. The molecular weight excluding hydrogens is 266 g/mol. The predicted octanol–water partition coefficient (Wildman–Crippen LogP) is 4.07. The van der Waals surface area contributed by atoms with Crippen molar-refractivity contribution in [1.29, 1.82) is 0 Å². The Bertz CT molecular complexity index is 598. The molecule has 0 aromatic heterocycles. The molecule has 0 unspecified atom stereocenters. The van der Waals surface area contributed by atoms with Crippen LogP contribution in [-0.4, -0.2) is 4.99 Å². The highest BCUT2D eigenvalue weighted by Gasteiger charge is 2.07. The number of thiocarbonyl (C=S) groups is 1. The molecule has 0 aliphatic heterocycles. The molecule has 0 heterocycles. The van der Waals surface area contributed by atoms with Crippen LogP contribution in [0.25, 0.3) is 0 Å². The first kappa shape index (κ1) is 12.9. The highest BCUT2D eigenvalue weighted by molar-refractivity contribution is 7.80. The molecule has 0 atom stereocenters. The summed E-state index contributed by atoms with van der Waals surface area (Å²) < 4.78 is 5.76. The van der Waals surface area contributed by atoms with E-state index in [1.165, 1.54) is 0 Å². The average Bonchev–Trinajstić information content (AvgIpc) is 2.34. The lowest BCUT2D eigenvalue weighted by atomic mass is 10.2. The van der Waals surface area contributed by atoms with Crippen LogP contribution in [0.4, 0.5) is 0 Å². The quantitative estimate of drug-likeness (QED) is 0.859. The monoisotopic (exact) mass is 277 g/mol. The van der Waals surface area contributed by atoms with Gasteiger partial charge in [-0.1, -0.05) is 42.0 Å². The number of rotatable bonds is 3. The van der Waals surface area contributed by atoms with Gasteiger partial charge in [0.15, 0.2) is 0 Å². The molecule has 0 fully saturated rings. The summed E-state index contributed by atoms with van der Waals surface area (Å²) in [7, 11) is 0. The molecule has 2 N–H and O–H groups in total. The van der Waals surface area contributed by atoms with E-state index < -0.39 is 0 Å². The Kier molecular flexibility index (Phi) is 3.84. The highest BCUT2D eigenvalue weighted by Crippen LogP contribution is 2.31. The fourth-order valence-corrected chi connectivity index (χ4v) is 1.87. The van der Waals surface area contributed by atoms with Gasteiger partial charge in [0, 0.05) is 5.56 Å². The van der Waals surface area contributed by atoms with E-state index in [9.17, 15) is 0 Å². The van der Waals surface area contributed by atoms with Gasteiger partial charge in [0.25, 0.3) is 0 Å². The number of ether oxygens (including phenoxy) is 1.